The SMILES string of the molecule is O=C1C=C2[C@H](CC1)CC[C@H]1O[C@@H]21. The molecule has 3 atom stereocenters. The monoisotopic (exact) mass is 164 g/mol. The first-order valence-corrected chi connectivity index (χ1v) is 4.74. The van der Waals surface area contributed by atoms with Crippen LogP contribution in [0.15, 0.2) is 11.6 Å². The van der Waals surface area contributed by atoms with Gasteiger partial charge in [-0.1, -0.05) is 0 Å². The van der Waals surface area contributed by atoms with Gasteiger partial charge in [-0.05, 0) is 36.8 Å². The lowest BCUT2D eigenvalue weighted by molar-refractivity contribution is -0.115. The Hall–Kier alpha value is -0.630. The lowest BCUT2D eigenvalue weighted by atomic mass is 9.77. The highest BCUT2D eigenvalue weighted by Gasteiger charge is 2.48. The minimum atomic E-state index is 0.303. The van der Waals surface area contributed by atoms with E-state index in [1.54, 1.807) is 0 Å². The van der Waals surface area contributed by atoms with Gasteiger partial charge in [-0.3, -0.25) is 4.79 Å². The lowest BCUT2D eigenvalue weighted by Crippen LogP contribution is -2.22. The third-order valence-electron chi connectivity index (χ3n) is 3.25. The fraction of sp³-hybridized carbons (Fsp3) is 0.700. The molecule has 0 bridgehead atoms. The Morgan fingerprint density at radius 3 is 3.17 bits per heavy atom. The maximum atomic E-state index is 11.2. The van der Waals surface area contributed by atoms with Crippen molar-refractivity contribution in [3.05, 3.63) is 11.6 Å². The minimum absolute atomic E-state index is 0.303. The van der Waals surface area contributed by atoms with E-state index in [4.69, 9.17) is 4.74 Å². The van der Waals surface area contributed by atoms with E-state index >= 15 is 0 Å². The van der Waals surface area contributed by atoms with Crippen molar-refractivity contribution in [1.29, 1.82) is 0 Å². The van der Waals surface area contributed by atoms with E-state index in [9.17, 15) is 4.79 Å². The van der Waals surface area contributed by atoms with E-state index in [1.807, 2.05) is 6.08 Å². The highest BCUT2D eigenvalue weighted by atomic mass is 16.6. The molecule has 0 amide bonds. The van der Waals surface area contributed by atoms with Crippen molar-refractivity contribution < 1.29 is 9.53 Å². The number of carbonyl (C=O) groups is 1. The van der Waals surface area contributed by atoms with Gasteiger partial charge in [0, 0.05) is 6.42 Å². The summed E-state index contributed by atoms with van der Waals surface area (Å²) in [5.41, 5.74) is 1.31. The standard InChI is InChI=1S/C10H12O2/c11-7-3-1-6-2-4-9-10(12-9)8(6)5-7/h5-6,9-10H,1-4H2/t6-,9-,10+/m1/s1. The number of rotatable bonds is 0. The molecule has 0 unspecified atom stereocenters. The molecule has 0 spiro atoms. The number of epoxide rings is 1. The fourth-order valence-electron chi connectivity index (χ4n) is 2.51. The molecule has 2 nitrogen and oxygen atoms in total. The molecule has 64 valence electrons. The Labute approximate surface area is 71.6 Å². The minimum Gasteiger partial charge on any atom is -0.365 e. The van der Waals surface area contributed by atoms with Crippen LogP contribution < -0.4 is 0 Å². The number of allylic oxidation sites excluding steroid dienone is 1. The first-order chi connectivity index (χ1) is 5.84. The van der Waals surface area contributed by atoms with Crippen LogP contribution in [0, 0.1) is 5.92 Å². The normalized spacial score (nSPS) is 44.5. The third kappa shape index (κ3) is 0.876. The molecule has 1 heterocycles. The van der Waals surface area contributed by atoms with Gasteiger partial charge in [-0.2, -0.15) is 0 Å². The van der Waals surface area contributed by atoms with Crippen molar-refractivity contribution in [2.45, 2.75) is 37.9 Å². The zero-order valence-electron chi connectivity index (χ0n) is 6.95. The van der Waals surface area contributed by atoms with Crippen molar-refractivity contribution >= 4 is 5.78 Å². The molecule has 0 aromatic rings. The van der Waals surface area contributed by atoms with E-state index in [-0.39, 0.29) is 0 Å². The molecular formula is C10H12O2. The topological polar surface area (TPSA) is 29.6 Å². The summed E-state index contributed by atoms with van der Waals surface area (Å²) >= 11 is 0. The molecule has 1 saturated carbocycles. The zero-order valence-corrected chi connectivity index (χ0v) is 6.95. The molecule has 2 aliphatic carbocycles. The second-order valence-electron chi connectivity index (χ2n) is 4.02. The van der Waals surface area contributed by atoms with Gasteiger partial charge >= 0.3 is 0 Å². The summed E-state index contributed by atoms with van der Waals surface area (Å²) in [7, 11) is 0. The number of fused-ring (bicyclic) bond motifs is 3. The van der Waals surface area contributed by atoms with Crippen LogP contribution in [-0.2, 0) is 9.53 Å². The summed E-state index contributed by atoms with van der Waals surface area (Å²) in [5, 5.41) is 0. The van der Waals surface area contributed by atoms with Crippen LogP contribution in [0.1, 0.15) is 25.7 Å². The van der Waals surface area contributed by atoms with Gasteiger partial charge in [-0.25, -0.2) is 0 Å². The van der Waals surface area contributed by atoms with Crippen LogP contribution in [0.5, 0.6) is 0 Å². The number of hydrogen-bond acceptors (Lipinski definition) is 2. The average molecular weight is 164 g/mol. The van der Waals surface area contributed by atoms with Gasteiger partial charge in [0.1, 0.15) is 6.10 Å². The van der Waals surface area contributed by atoms with Crippen LogP contribution in [0.2, 0.25) is 0 Å². The number of ether oxygens (including phenoxy) is 1. The van der Waals surface area contributed by atoms with Crippen molar-refractivity contribution in [1.82, 2.24) is 0 Å². The molecule has 12 heavy (non-hydrogen) atoms. The number of carbonyl (C=O) groups excluding carboxylic acids is 1. The zero-order chi connectivity index (χ0) is 8.13. The summed E-state index contributed by atoms with van der Waals surface area (Å²) < 4.78 is 5.48. The van der Waals surface area contributed by atoms with Gasteiger partial charge in [0.25, 0.3) is 0 Å². The Morgan fingerprint density at radius 2 is 2.25 bits per heavy atom. The quantitative estimate of drug-likeness (QED) is 0.507. The van der Waals surface area contributed by atoms with E-state index < -0.39 is 0 Å². The van der Waals surface area contributed by atoms with Gasteiger partial charge < -0.3 is 4.74 Å². The summed E-state index contributed by atoms with van der Waals surface area (Å²) in [5.74, 6) is 0.976. The first-order valence-electron chi connectivity index (χ1n) is 4.74. The second kappa shape index (κ2) is 2.19. The van der Waals surface area contributed by atoms with Crippen LogP contribution in [-0.4, -0.2) is 18.0 Å². The van der Waals surface area contributed by atoms with Crippen molar-refractivity contribution in [3.8, 4) is 0 Å². The molecule has 1 saturated heterocycles. The van der Waals surface area contributed by atoms with Gasteiger partial charge in [0.05, 0.1) is 6.10 Å². The first kappa shape index (κ1) is 6.84. The number of ketones is 1. The Kier molecular flexibility index (Phi) is 1.25. The highest BCUT2D eigenvalue weighted by Crippen LogP contribution is 2.46. The molecule has 2 fully saturated rings. The van der Waals surface area contributed by atoms with Crippen LogP contribution in [0.3, 0.4) is 0 Å². The van der Waals surface area contributed by atoms with Gasteiger partial charge in [-0.15, -0.1) is 0 Å². The Bertz CT molecular complexity index is 267. The van der Waals surface area contributed by atoms with E-state index in [1.165, 1.54) is 18.4 Å². The maximum absolute atomic E-state index is 11.2. The van der Waals surface area contributed by atoms with Crippen LogP contribution >= 0.6 is 0 Å². The van der Waals surface area contributed by atoms with Gasteiger partial charge in [0.15, 0.2) is 5.78 Å². The Balaban J connectivity index is 1.94. The molecule has 3 rings (SSSR count). The molecular weight excluding hydrogens is 152 g/mol. The summed E-state index contributed by atoms with van der Waals surface area (Å²) in [4.78, 5) is 11.2. The van der Waals surface area contributed by atoms with Crippen LogP contribution in [0.25, 0.3) is 0 Å². The van der Waals surface area contributed by atoms with E-state index in [0.29, 0.717) is 23.9 Å². The predicted molar refractivity (Wildman–Crippen MR) is 43.7 cm³/mol. The molecule has 0 radical (unpaired) electrons. The fourth-order valence-corrected chi connectivity index (χ4v) is 2.51. The third-order valence-corrected chi connectivity index (χ3v) is 3.25. The maximum Gasteiger partial charge on any atom is 0.155 e. The Morgan fingerprint density at radius 1 is 1.33 bits per heavy atom. The molecule has 3 aliphatic rings. The number of hydrogen-bond donors (Lipinski definition) is 0. The molecule has 2 heteroatoms. The van der Waals surface area contributed by atoms with Crippen molar-refractivity contribution in [2.75, 3.05) is 0 Å². The van der Waals surface area contributed by atoms with Gasteiger partial charge in [0.2, 0.25) is 0 Å². The van der Waals surface area contributed by atoms with Crippen molar-refractivity contribution in [2.24, 2.45) is 5.92 Å². The summed E-state index contributed by atoms with van der Waals surface area (Å²) in [6, 6.07) is 0. The smallest absolute Gasteiger partial charge is 0.155 e. The second-order valence-corrected chi connectivity index (χ2v) is 4.02. The molecule has 0 aromatic carbocycles. The average Bonchev–Trinajstić information content (AvgIpc) is 2.82. The highest BCUT2D eigenvalue weighted by molar-refractivity contribution is 5.91. The molecule has 0 aromatic heterocycles. The molecule has 0 N–H and O–H groups in total. The van der Waals surface area contributed by atoms with E-state index in [0.717, 1.165) is 12.8 Å². The summed E-state index contributed by atoms with van der Waals surface area (Å²) in [6.45, 7) is 0. The molecule has 1 aliphatic heterocycles. The van der Waals surface area contributed by atoms with E-state index in [2.05, 4.69) is 0 Å². The van der Waals surface area contributed by atoms with Crippen LogP contribution in [0.4, 0.5) is 0 Å². The summed E-state index contributed by atoms with van der Waals surface area (Å²) in [6.07, 6.45) is 6.92. The van der Waals surface area contributed by atoms with Crippen molar-refractivity contribution in [3.63, 3.8) is 0 Å². The lowest BCUT2D eigenvalue weighted by Gasteiger charge is -2.25. The largest absolute Gasteiger partial charge is 0.365 e. The predicted octanol–water partition coefficient (Wildman–Crippen LogP) is 1.45.